The molecule has 69 heavy (non-hydrogen) atoms. The number of aliphatic hydroxyl groups is 2. The SMILES string of the molecule is CC(=O)O[C@@H]1CNC(=O)C1.CC(=O)O[C@H]1CC(=O)N(C)C1.CC(=O)O[C@H]1CC(=O)N(C)C1.CN1C[C@@H](O)CC1=O.C[C@@H]1CNC(=O)C1.O=C1CC(OCc2ccc(Cl)cc2)CN1.O=C1C[C@H](O)CN1. The lowest BCUT2D eigenvalue weighted by molar-refractivity contribution is -0.146. The third kappa shape index (κ3) is 25.9. The number of halogens is 1. The number of ether oxygens (including phenoxy) is 4. The van der Waals surface area contributed by atoms with E-state index in [0.717, 1.165) is 23.6 Å². The molecule has 1 aromatic carbocycles. The first-order chi connectivity index (χ1) is 32.4. The number of carbonyl (C=O) groups is 10. The molecule has 23 nitrogen and oxygen atoms in total. The summed E-state index contributed by atoms with van der Waals surface area (Å²) in [6.45, 7) is 10.6. The maximum absolute atomic E-state index is 10.9. The highest BCUT2D eigenvalue weighted by molar-refractivity contribution is 6.30. The van der Waals surface area contributed by atoms with Gasteiger partial charge in [0.15, 0.2) is 0 Å². The molecule has 7 amide bonds. The van der Waals surface area contributed by atoms with E-state index in [2.05, 4.69) is 28.2 Å². The maximum atomic E-state index is 10.9. The molecule has 24 heteroatoms. The van der Waals surface area contributed by atoms with Crippen LogP contribution in [0.3, 0.4) is 0 Å². The van der Waals surface area contributed by atoms with E-state index in [1.165, 1.54) is 25.7 Å². The van der Waals surface area contributed by atoms with E-state index in [9.17, 15) is 47.9 Å². The van der Waals surface area contributed by atoms with Crippen LogP contribution in [0, 0.1) is 5.92 Å². The van der Waals surface area contributed by atoms with E-state index >= 15 is 0 Å². The van der Waals surface area contributed by atoms with Crippen LogP contribution in [0.2, 0.25) is 5.02 Å². The zero-order valence-electron chi connectivity index (χ0n) is 40.3. The van der Waals surface area contributed by atoms with Crippen molar-refractivity contribution in [1.29, 1.82) is 0 Å². The monoisotopic (exact) mass is 997 g/mol. The molecule has 386 valence electrons. The minimum Gasteiger partial charge on any atom is -0.460 e. The fraction of sp³-hybridized carbons (Fsp3) is 0.644. The Morgan fingerprint density at radius 1 is 0.536 bits per heavy atom. The smallest absolute Gasteiger partial charge is 0.302 e. The lowest BCUT2D eigenvalue weighted by Gasteiger charge is -2.09. The Labute approximate surface area is 406 Å². The molecule has 0 radical (unpaired) electrons. The number of β-amino-alcohol motifs (C(OH)–C–C–N with tert-alkyl or cyclic N) is 2. The van der Waals surface area contributed by atoms with Gasteiger partial charge in [-0.2, -0.15) is 0 Å². The molecule has 0 saturated carbocycles. The van der Waals surface area contributed by atoms with Crippen LogP contribution in [-0.2, 0) is 73.5 Å². The van der Waals surface area contributed by atoms with Gasteiger partial charge in [-0.05, 0) is 23.6 Å². The van der Waals surface area contributed by atoms with Crippen LogP contribution in [0.15, 0.2) is 24.3 Å². The van der Waals surface area contributed by atoms with Crippen LogP contribution >= 0.6 is 11.6 Å². The van der Waals surface area contributed by atoms with Crippen LogP contribution in [-0.4, -0.2) is 188 Å². The normalized spacial score (nSPS) is 25.2. The van der Waals surface area contributed by atoms with Crippen LogP contribution in [0.5, 0.6) is 0 Å². The Morgan fingerprint density at radius 3 is 1.22 bits per heavy atom. The van der Waals surface area contributed by atoms with Gasteiger partial charge < -0.3 is 65.1 Å². The predicted octanol–water partition coefficient (Wildman–Crippen LogP) is -1.04. The van der Waals surface area contributed by atoms with E-state index < -0.39 is 12.2 Å². The van der Waals surface area contributed by atoms with Gasteiger partial charge in [-0.25, -0.2) is 0 Å². The van der Waals surface area contributed by atoms with Crippen LogP contribution in [0.1, 0.15) is 78.2 Å². The van der Waals surface area contributed by atoms with Crippen molar-refractivity contribution in [3.63, 3.8) is 0 Å². The molecule has 1 unspecified atom stereocenters. The van der Waals surface area contributed by atoms with Gasteiger partial charge in [-0.15, -0.1) is 0 Å². The number of rotatable bonds is 6. The number of likely N-dealkylation sites (N-methyl/N-ethyl adjacent to an activating group) is 3. The first-order valence-electron chi connectivity index (χ1n) is 22.4. The molecule has 8 rings (SSSR count). The van der Waals surface area contributed by atoms with Crippen molar-refractivity contribution in [2.75, 3.05) is 67.0 Å². The summed E-state index contributed by atoms with van der Waals surface area (Å²) >= 11 is 5.76. The number of likely N-dealkylation sites (tertiary alicyclic amines) is 3. The molecule has 0 aliphatic carbocycles. The highest BCUT2D eigenvalue weighted by Crippen LogP contribution is 2.15. The van der Waals surface area contributed by atoms with Gasteiger partial charge in [0.05, 0.1) is 83.1 Å². The number of amides is 7. The number of esters is 3. The maximum Gasteiger partial charge on any atom is 0.302 e. The Bertz CT molecular complexity index is 1850. The number of aliphatic hydroxyl groups excluding tert-OH is 2. The van der Waals surface area contributed by atoms with E-state index in [1.54, 1.807) is 30.9 Å². The average molecular weight is 999 g/mol. The van der Waals surface area contributed by atoms with Crippen molar-refractivity contribution in [1.82, 2.24) is 36.0 Å². The fourth-order valence-corrected chi connectivity index (χ4v) is 6.97. The first-order valence-corrected chi connectivity index (χ1v) is 22.8. The molecule has 0 aromatic heterocycles. The van der Waals surface area contributed by atoms with Crippen molar-refractivity contribution < 1.29 is 77.1 Å². The number of hydrogen-bond donors (Lipinski definition) is 6. The van der Waals surface area contributed by atoms with Gasteiger partial charge in [0.1, 0.15) is 18.3 Å². The summed E-state index contributed by atoms with van der Waals surface area (Å²) in [7, 11) is 5.09. The number of carbonyl (C=O) groups excluding carboxylic acids is 10. The van der Waals surface area contributed by atoms with Gasteiger partial charge in [-0.1, -0.05) is 30.7 Å². The molecule has 7 heterocycles. The Kier molecular flexibility index (Phi) is 26.2. The van der Waals surface area contributed by atoms with Gasteiger partial charge in [0.25, 0.3) is 0 Å². The number of nitrogens with zero attached hydrogens (tertiary/aromatic N) is 3. The molecule has 7 aliphatic heterocycles. The van der Waals surface area contributed by atoms with Crippen LogP contribution in [0.4, 0.5) is 0 Å². The molecular weight excluding hydrogens is 930 g/mol. The van der Waals surface area contributed by atoms with Gasteiger partial charge in [0, 0.05) is 79.5 Å². The minimum absolute atomic E-state index is 0.00757. The third-order valence-electron chi connectivity index (χ3n) is 10.3. The third-order valence-corrected chi connectivity index (χ3v) is 10.6. The summed E-state index contributed by atoms with van der Waals surface area (Å²) in [4.78, 5) is 110. The van der Waals surface area contributed by atoms with Crippen molar-refractivity contribution >= 4 is 70.9 Å². The van der Waals surface area contributed by atoms with E-state index in [1.807, 2.05) is 24.3 Å². The first kappa shape index (κ1) is 59.2. The summed E-state index contributed by atoms with van der Waals surface area (Å²) in [5.74, 6) is -0.127. The van der Waals surface area contributed by atoms with E-state index in [-0.39, 0.29) is 90.1 Å². The molecule has 1 aromatic rings. The van der Waals surface area contributed by atoms with Gasteiger partial charge >= 0.3 is 17.9 Å². The number of benzene rings is 1. The van der Waals surface area contributed by atoms with Crippen molar-refractivity contribution in [3.05, 3.63) is 34.9 Å². The van der Waals surface area contributed by atoms with E-state index in [4.69, 9.17) is 40.8 Å². The minimum atomic E-state index is -0.438. The molecule has 0 spiro atoms. The van der Waals surface area contributed by atoms with Crippen molar-refractivity contribution in [3.8, 4) is 0 Å². The molecule has 7 atom stereocenters. The zero-order valence-corrected chi connectivity index (χ0v) is 41.0. The van der Waals surface area contributed by atoms with Gasteiger partial charge in [-0.3, -0.25) is 47.9 Å². The second-order valence-corrected chi connectivity index (χ2v) is 17.6. The Hall–Kier alpha value is -5.91. The topological polar surface area (TPSA) is 306 Å². The van der Waals surface area contributed by atoms with E-state index in [0.29, 0.717) is 83.9 Å². The summed E-state index contributed by atoms with van der Waals surface area (Å²) < 4.78 is 20.0. The molecule has 7 aliphatic rings. The van der Waals surface area contributed by atoms with Crippen molar-refractivity contribution in [2.24, 2.45) is 5.92 Å². The highest BCUT2D eigenvalue weighted by atomic mass is 35.5. The Balaban J connectivity index is 0.000000280. The second-order valence-electron chi connectivity index (χ2n) is 17.1. The predicted molar refractivity (Wildman–Crippen MR) is 245 cm³/mol. The quantitative estimate of drug-likeness (QED) is 0.147. The number of nitrogens with one attached hydrogen (secondary N) is 4. The summed E-state index contributed by atoms with van der Waals surface area (Å²) in [6, 6.07) is 7.51. The average Bonchev–Trinajstić information content (AvgIpc) is 4.15. The van der Waals surface area contributed by atoms with Crippen LogP contribution < -0.4 is 21.3 Å². The van der Waals surface area contributed by atoms with Gasteiger partial charge in [0.2, 0.25) is 41.4 Å². The molecular formula is C45H68ClN7O16. The number of hydrogen-bond acceptors (Lipinski definition) is 16. The summed E-state index contributed by atoms with van der Waals surface area (Å²) in [5, 5.41) is 28.6. The molecule has 7 saturated heterocycles. The lowest BCUT2D eigenvalue weighted by atomic mass is 10.2. The van der Waals surface area contributed by atoms with Crippen molar-refractivity contribution in [2.45, 2.75) is 116 Å². The molecule has 0 bridgehead atoms. The zero-order chi connectivity index (χ0) is 51.8. The largest absolute Gasteiger partial charge is 0.460 e. The summed E-state index contributed by atoms with van der Waals surface area (Å²) in [6.07, 6.45) is 1.17. The highest BCUT2D eigenvalue weighted by Gasteiger charge is 2.30. The fourth-order valence-electron chi connectivity index (χ4n) is 6.84. The Morgan fingerprint density at radius 2 is 0.942 bits per heavy atom. The standard InChI is InChI=1S/C11H12ClNO2.2C7H11NO3.C6H9NO3.C5H9NO2.C5H9NO.C4H7NO2/c12-9-3-1-8(2-4-9)7-15-10-5-11(14)13-6-10;2*1-5(9)11-6-3-7(10)8(2)4-6;1-4(8)10-5-2-6(9)7-3-5;1-6-3-4(7)2-5(6)8;1-4-2-5(7)6-3-4;6-3-1-4(7)5-2-3/h1-4,10H,5-7H2,(H,13,14);2*6H,3-4H2,1-2H3;5H,2-3H2,1H3,(H,7,9);4,7H,2-3H2,1H3;4H,2-3H2,1H3,(H,6,7);3,6H,1-2H2,(H,5,7)/t;2*6-;5-;2*4-;3-/m.000000/s1. The molecule has 6 N–H and O–H groups in total. The lowest BCUT2D eigenvalue weighted by Crippen LogP contribution is -2.22. The summed E-state index contributed by atoms with van der Waals surface area (Å²) in [5.41, 5.74) is 1.07. The molecule has 7 fully saturated rings. The second kappa shape index (κ2) is 30.6. The van der Waals surface area contributed by atoms with Crippen LogP contribution in [0.25, 0.3) is 0 Å².